The smallest absolute Gasteiger partial charge is 0.280 e. The lowest BCUT2D eigenvalue weighted by atomic mass is 9.90. The Morgan fingerprint density at radius 2 is 2.00 bits per heavy atom. The van der Waals surface area contributed by atoms with E-state index in [4.69, 9.17) is 0 Å². The van der Waals surface area contributed by atoms with Crippen LogP contribution in [0, 0.1) is 0 Å². The summed E-state index contributed by atoms with van der Waals surface area (Å²) in [6.07, 6.45) is 5.42. The van der Waals surface area contributed by atoms with Gasteiger partial charge in [-0.3, -0.25) is 9.59 Å². The molecule has 0 saturated heterocycles. The predicted octanol–water partition coefficient (Wildman–Crippen LogP) is 3.09. The number of amides is 2. The molecule has 9 heteroatoms. The van der Waals surface area contributed by atoms with Crippen LogP contribution in [0.5, 0.6) is 0 Å². The molecule has 1 aromatic heterocycles. The molecule has 7 nitrogen and oxygen atoms in total. The number of hydrogen-bond donors (Lipinski definition) is 3. The molecule has 3 heterocycles. The molecule has 1 fully saturated rings. The number of nitrogens with zero attached hydrogens (tertiary/aromatic N) is 2. The minimum Gasteiger partial charge on any atom is -0.373 e. The number of thiazole rings is 1. The number of carbonyl (C=O) groups excluding carboxylic acids is 2. The Bertz CT molecular complexity index is 1040. The maximum atomic E-state index is 13.0. The number of likely N-dealkylation sites (N-methyl/N-ethyl adjacent to an activating group) is 1. The van der Waals surface area contributed by atoms with Gasteiger partial charge in [0.25, 0.3) is 5.91 Å². The van der Waals surface area contributed by atoms with Crippen molar-refractivity contribution >= 4 is 44.8 Å². The Balaban J connectivity index is 1.22. The van der Waals surface area contributed by atoms with Gasteiger partial charge in [-0.15, -0.1) is 11.3 Å². The van der Waals surface area contributed by atoms with Crippen molar-refractivity contribution in [1.82, 2.24) is 20.5 Å². The van der Waals surface area contributed by atoms with E-state index in [0.29, 0.717) is 11.4 Å². The third-order valence-electron chi connectivity index (χ3n) is 6.66. The highest BCUT2D eigenvalue weighted by Crippen LogP contribution is 2.29. The van der Waals surface area contributed by atoms with Crippen molar-refractivity contribution in [2.75, 3.05) is 18.9 Å². The molecule has 2 aliphatic heterocycles. The van der Waals surface area contributed by atoms with E-state index in [2.05, 4.69) is 54.9 Å². The Labute approximate surface area is 200 Å². The third-order valence-corrected chi connectivity index (χ3v) is 8.24. The summed E-state index contributed by atoms with van der Waals surface area (Å²) in [5.41, 5.74) is 3.22. The number of aromatic nitrogens is 1. The monoisotopic (exact) mass is 517 g/mol. The van der Waals surface area contributed by atoms with Crippen LogP contribution in [0.4, 0.5) is 5.69 Å². The maximum absolute atomic E-state index is 13.0. The molecule has 5 rings (SSSR count). The van der Waals surface area contributed by atoms with Crippen LogP contribution >= 0.6 is 27.3 Å². The minimum absolute atomic E-state index is 0.00350. The van der Waals surface area contributed by atoms with Crippen LogP contribution < -0.4 is 16.0 Å². The molecular formula is C23H28BrN5O2S. The zero-order valence-corrected chi connectivity index (χ0v) is 20.5. The molecule has 0 bridgehead atoms. The SMILES string of the molecule is CN1CCc2nc(C(=O)N[C@@H]3CCCC[C@@H]3NC(=O)C3Cc4cc(Br)ccc4N3)sc2C1. The summed E-state index contributed by atoms with van der Waals surface area (Å²) >= 11 is 5.00. The topological polar surface area (TPSA) is 86.4 Å². The zero-order chi connectivity index (χ0) is 22.2. The molecule has 3 aliphatic rings. The Kier molecular flexibility index (Phi) is 6.22. The Hall–Kier alpha value is -1.97. The molecule has 1 unspecified atom stereocenters. The first kappa shape index (κ1) is 21.9. The highest BCUT2D eigenvalue weighted by molar-refractivity contribution is 9.10. The van der Waals surface area contributed by atoms with Crippen molar-refractivity contribution in [3.8, 4) is 0 Å². The molecule has 1 aliphatic carbocycles. The molecule has 32 heavy (non-hydrogen) atoms. The van der Waals surface area contributed by atoms with Crippen LogP contribution in [0.1, 0.15) is 51.6 Å². The summed E-state index contributed by atoms with van der Waals surface area (Å²) in [6.45, 7) is 1.83. The summed E-state index contributed by atoms with van der Waals surface area (Å²) in [5, 5.41) is 10.3. The normalized spacial score (nSPS) is 24.9. The summed E-state index contributed by atoms with van der Waals surface area (Å²) in [4.78, 5) is 34.0. The second kappa shape index (κ2) is 9.11. The van der Waals surface area contributed by atoms with Crippen molar-refractivity contribution in [2.24, 2.45) is 0 Å². The van der Waals surface area contributed by atoms with Crippen molar-refractivity contribution in [3.63, 3.8) is 0 Å². The van der Waals surface area contributed by atoms with Crippen molar-refractivity contribution in [3.05, 3.63) is 43.8 Å². The van der Waals surface area contributed by atoms with E-state index in [1.54, 1.807) is 0 Å². The number of halogens is 1. The van der Waals surface area contributed by atoms with Crippen LogP contribution in [0.15, 0.2) is 22.7 Å². The van der Waals surface area contributed by atoms with Gasteiger partial charge in [0.15, 0.2) is 5.01 Å². The van der Waals surface area contributed by atoms with Crippen molar-refractivity contribution in [1.29, 1.82) is 0 Å². The first-order valence-electron chi connectivity index (χ1n) is 11.3. The zero-order valence-electron chi connectivity index (χ0n) is 18.1. The van der Waals surface area contributed by atoms with Crippen LogP contribution in [0.3, 0.4) is 0 Å². The van der Waals surface area contributed by atoms with Gasteiger partial charge in [0.05, 0.1) is 5.69 Å². The molecular weight excluding hydrogens is 490 g/mol. The number of anilines is 1. The average Bonchev–Trinajstić information content (AvgIpc) is 3.38. The van der Waals surface area contributed by atoms with Crippen molar-refractivity contribution in [2.45, 2.75) is 63.2 Å². The molecule has 1 saturated carbocycles. The standard InChI is InChI=1S/C23H28BrN5O2S/c1-29-9-8-18-20(12-29)32-23(28-18)22(31)27-17-5-3-2-4-16(17)26-21(30)19-11-13-10-14(24)6-7-15(13)25-19/h6-7,10,16-17,19,25H,2-5,8-9,11-12H2,1H3,(H,26,30)(H,27,31)/t16-,17+,19?/m0/s1. The van der Waals surface area contributed by atoms with Gasteiger partial charge >= 0.3 is 0 Å². The molecule has 2 amide bonds. The van der Waals surface area contributed by atoms with Gasteiger partial charge in [-0.1, -0.05) is 28.8 Å². The fourth-order valence-electron chi connectivity index (χ4n) is 4.90. The summed E-state index contributed by atoms with van der Waals surface area (Å²) < 4.78 is 1.02. The van der Waals surface area contributed by atoms with E-state index >= 15 is 0 Å². The number of carbonyl (C=O) groups is 2. The minimum atomic E-state index is -0.278. The number of fused-ring (bicyclic) bond motifs is 2. The van der Waals surface area contributed by atoms with Gasteiger partial charge in [0.2, 0.25) is 5.91 Å². The molecule has 0 radical (unpaired) electrons. The van der Waals surface area contributed by atoms with Gasteiger partial charge < -0.3 is 20.9 Å². The molecule has 3 N–H and O–H groups in total. The summed E-state index contributed by atoms with van der Waals surface area (Å²) in [7, 11) is 2.09. The van der Waals surface area contributed by atoms with Crippen LogP contribution in [-0.2, 0) is 24.2 Å². The number of nitrogens with one attached hydrogen (secondary N) is 3. The van der Waals surface area contributed by atoms with E-state index in [1.165, 1.54) is 16.2 Å². The maximum Gasteiger partial charge on any atom is 0.280 e. The second-order valence-corrected chi connectivity index (χ2v) is 11.1. The molecule has 170 valence electrons. The number of benzene rings is 1. The highest BCUT2D eigenvalue weighted by Gasteiger charge is 2.33. The average molecular weight is 518 g/mol. The first-order valence-corrected chi connectivity index (χ1v) is 12.9. The van der Waals surface area contributed by atoms with Gasteiger partial charge in [-0.05, 0) is 43.7 Å². The number of rotatable bonds is 4. The van der Waals surface area contributed by atoms with Gasteiger partial charge in [-0.2, -0.15) is 0 Å². The Morgan fingerprint density at radius 1 is 1.22 bits per heavy atom. The van der Waals surface area contributed by atoms with E-state index in [1.807, 2.05) is 12.1 Å². The lowest BCUT2D eigenvalue weighted by Crippen LogP contribution is -2.55. The summed E-state index contributed by atoms with van der Waals surface area (Å²) in [6, 6.07) is 5.64. The third kappa shape index (κ3) is 4.56. The van der Waals surface area contributed by atoms with Gasteiger partial charge in [0.1, 0.15) is 6.04 Å². The van der Waals surface area contributed by atoms with E-state index < -0.39 is 0 Å². The molecule has 3 atom stereocenters. The molecule has 2 aromatic rings. The second-order valence-electron chi connectivity index (χ2n) is 9.06. The lowest BCUT2D eigenvalue weighted by molar-refractivity contribution is -0.122. The van der Waals surface area contributed by atoms with Crippen LogP contribution in [-0.4, -0.2) is 53.4 Å². The fraction of sp³-hybridized carbons (Fsp3) is 0.522. The summed E-state index contributed by atoms with van der Waals surface area (Å²) in [5.74, 6) is -0.120. The first-order chi connectivity index (χ1) is 15.5. The molecule has 0 spiro atoms. The van der Waals surface area contributed by atoms with Gasteiger partial charge in [0, 0.05) is 53.1 Å². The quantitative estimate of drug-likeness (QED) is 0.580. The van der Waals surface area contributed by atoms with E-state index in [-0.39, 0.29) is 29.9 Å². The van der Waals surface area contributed by atoms with E-state index in [9.17, 15) is 9.59 Å². The fourth-order valence-corrected chi connectivity index (χ4v) is 6.40. The molecule has 1 aromatic carbocycles. The number of hydrogen-bond acceptors (Lipinski definition) is 6. The van der Waals surface area contributed by atoms with E-state index in [0.717, 1.165) is 66.6 Å². The van der Waals surface area contributed by atoms with Crippen molar-refractivity contribution < 1.29 is 9.59 Å². The van der Waals surface area contributed by atoms with Crippen LogP contribution in [0.25, 0.3) is 0 Å². The largest absolute Gasteiger partial charge is 0.373 e. The Morgan fingerprint density at radius 3 is 2.81 bits per heavy atom. The van der Waals surface area contributed by atoms with Crippen LogP contribution in [0.2, 0.25) is 0 Å². The van der Waals surface area contributed by atoms with Gasteiger partial charge in [-0.25, -0.2) is 4.98 Å². The highest BCUT2D eigenvalue weighted by atomic mass is 79.9. The lowest BCUT2D eigenvalue weighted by Gasteiger charge is -2.33. The predicted molar refractivity (Wildman–Crippen MR) is 129 cm³/mol.